The summed E-state index contributed by atoms with van der Waals surface area (Å²) in [7, 11) is 0. The predicted molar refractivity (Wildman–Crippen MR) is 101 cm³/mol. The summed E-state index contributed by atoms with van der Waals surface area (Å²) < 4.78 is 22.4. The van der Waals surface area contributed by atoms with E-state index in [1.807, 2.05) is 0 Å². The van der Waals surface area contributed by atoms with E-state index in [2.05, 4.69) is 0 Å². The molecule has 2 aliphatic rings. The topological polar surface area (TPSA) is 159 Å². The molecular weight excluding hydrogens is 400 g/mol. The summed E-state index contributed by atoms with van der Waals surface area (Å²) in [6, 6.07) is 4.46. The molecule has 10 nitrogen and oxygen atoms in total. The predicted octanol–water partition coefficient (Wildman–Crippen LogP) is -0.603. The molecule has 0 aliphatic carbocycles. The number of benzene rings is 1. The van der Waals surface area contributed by atoms with Gasteiger partial charge in [-0.15, -0.1) is 0 Å². The van der Waals surface area contributed by atoms with Gasteiger partial charge >= 0.3 is 5.63 Å². The fourth-order valence-corrected chi connectivity index (χ4v) is 3.83. The fourth-order valence-electron chi connectivity index (χ4n) is 3.83. The molecule has 0 amide bonds. The van der Waals surface area contributed by atoms with E-state index in [4.69, 9.17) is 18.6 Å². The van der Waals surface area contributed by atoms with Gasteiger partial charge in [-0.2, -0.15) is 0 Å². The number of aromatic hydroxyl groups is 1. The minimum atomic E-state index is -1.56. The number of rotatable bonds is 3. The van der Waals surface area contributed by atoms with Crippen LogP contribution >= 0.6 is 0 Å². The minimum absolute atomic E-state index is 0.0188. The van der Waals surface area contributed by atoms with E-state index in [1.54, 1.807) is 19.9 Å². The van der Waals surface area contributed by atoms with Crippen molar-refractivity contribution in [3.63, 3.8) is 0 Å². The molecule has 2 aliphatic heterocycles. The average molecular weight is 424 g/mol. The van der Waals surface area contributed by atoms with Crippen LogP contribution in [0.4, 0.5) is 0 Å². The highest BCUT2D eigenvalue weighted by atomic mass is 16.7. The van der Waals surface area contributed by atoms with Gasteiger partial charge in [0.2, 0.25) is 5.75 Å². The normalized spacial score (nSPS) is 33.1. The molecule has 10 heteroatoms. The van der Waals surface area contributed by atoms with Crippen molar-refractivity contribution in [1.82, 2.24) is 0 Å². The summed E-state index contributed by atoms with van der Waals surface area (Å²) in [6.07, 6.45) is -7.43. The Hall–Kier alpha value is -2.21. The Kier molecular flexibility index (Phi) is 5.25. The van der Waals surface area contributed by atoms with E-state index in [-0.39, 0.29) is 23.5 Å². The van der Waals surface area contributed by atoms with Crippen LogP contribution in [-0.2, 0) is 15.9 Å². The molecule has 1 fully saturated rings. The van der Waals surface area contributed by atoms with E-state index < -0.39 is 54.6 Å². The van der Waals surface area contributed by atoms with Crippen LogP contribution < -0.4 is 10.4 Å². The first-order valence-corrected chi connectivity index (χ1v) is 9.56. The van der Waals surface area contributed by atoms with Crippen molar-refractivity contribution < 1.29 is 44.2 Å². The second-order valence-electron chi connectivity index (χ2n) is 8.12. The lowest BCUT2D eigenvalue weighted by molar-refractivity contribution is -0.321. The molecule has 0 unspecified atom stereocenters. The zero-order valence-corrected chi connectivity index (χ0v) is 16.4. The lowest BCUT2D eigenvalue weighted by Gasteiger charge is -2.45. The molecule has 0 spiro atoms. The van der Waals surface area contributed by atoms with Crippen molar-refractivity contribution in [1.29, 1.82) is 0 Å². The highest BCUT2D eigenvalue weighted by Crippen LogP contribution is 2.45. The molecule has 6 atom stereocenters. The molecule has 1 aromatic heterocycles. The fraction of sp³-hybridized carbons (Fsp3) is 0.550. The van der Waals surface area contributed by atoms with Gasteiger partial charge < -0.3 is 44.2 Å². The van der Waals surface area contributed by atoms with Gasteiger partial charge in [-0.05, 0) is 26.0 Å². The van der Waals surface area contributed by atoms with Gasteiger partial charge in [0.05, 0.1) is 6.61 Å². The third-order valence-electron chi connectivity index (χ3n) is 5.61. The minimum Gasteiger partial charge on any atom is -0.502 e. The lowest BCUT2D eigenvalue weighted by Crippen LogP contribution is -2.61. The third-order valence-corrected chi connectivity index (χ3v) is 5.61. The molecule has 0 bridgehead atoms. The Morgan fingerprint density at radius 1 is 1.17 bits per heavy atom. The van der Waals surface area contributed by atoms with E-state index in [1.165, 1.54) is 12.1 Å². The van der Waals surface area contributed by atoms with E-state index >= 15 is 0 Å². The summed E-state index contributed by atoms with van der Waals surface area (Å²) in [5.74, 6) is -0.130. The van der Waals surface area contributed by atoms with Gasteiger partial charge in [0, 0.05) is 23.4 Å². The van der Waals surface area contributed by atoms with Crippen LogP contribution in [-0.4, -0.2) is 74.6 Å². The Balaban J connectivity index is 1.65. The van der Waals surface area contributed by atoms with Crippen LogP contribution in [0.3, 0.4) is 0 Å². The standard InChI is InChI=1S/C20H24O10/c1-20(2)11(28-19-15(25)14(24)13(23)10(7-21)27-19)6-9-5-8-3-4-12(22)29-17(8)16(26)18(9)30-20/h3-5,10-11,13-15,19,21,23-26H,6-7H2,1-2H3/t10-,11-,13-,14+,15-,19+/m1/s1. The molecule has 0 saturated carbocycles. The summed E-state index contributed by atoms with van der Waals surface area (Å²) in [4.78, 5) is 11.5. The van der Waals surface area contributed by atoms with Crippen LogP contribution in [0.15, 0.2) is 27.4 Å². The Morgan fingerprint density at radius 2 is 1.90 bits per heavy atom. The van der Waals surface area contributed by atoms with Crippen LogP contribution in [0.2, 0.25) is 0 Å². The summed E-state index contributed by atoms with van der Waals surface area (Å²) >= 11 is 0. The number of ether oxygens (including phenoxy) is 3. The summed E-state index contributed by atoms with van der Waals surface area (Å²) in [6.45, 7) is 2.84. The molecule has 30 heavy (non-hydrogen) atoms. The van der Waals surface area contributed by atoms with Crippen LogP contribution in [0.25, 0.3) is 11.0 Å². The molecule has 5 N–H and O–H groups in total. The van der Waals surface area contributed by atoms with E-state index in [0.717, 1.165) is 0 Å². The first kappa shape index (κ1) is 21.0. The van der Waals surface area contributed by atoms with Crippen LogP contribution in [0, 0.1) is 0 Å². The van der Waals surface area contributed by atoms with Gasteiger partial charge in [-0.3, -0.25) is 0 Å². The van der Waals surface area contributed by atoms with Gasteiger partial charge in [0.1, 0.15) is 36.1 Å². The van der Waals surface area contributed by atoms with Crippen molar-refractivity contribution >= 4 is 11.0 Å². The monoisotopic (exact) mass is 424 g/mol. The lowest BCUT2D eigenvalue weighted by atomic mass is 9.89. The molecular formula is C20H24O10. The second-order valence-corrected chi connectivity index (χ2v) is 8.12. The number of fused-ring (bicyclic) bond motifs is 2. The Bertz CT molecular complexity index is 997. The molecule has 3 heterocycles. The number of hydrogen-bond acceptors (Lipinski definition) is 10. The largest absolute Gasteiger partial charge is 0.502 e. The van der Waals surface area contributed by atoms with E-state index in [9.17, 15) is 30.3 Å². The first-order chi connectivity index (χ1) is 14.1. The Labute approximate surface area is 170 Å². The number of aliphatic hydroxyl groups excluding tert-OH is 4. The molecule has 1 aromatic carbocycles. The van der Waals surface area contributed by atoms with Gasteiger partial charge in [-0.1, -0.05) is 0 Å². The highest BCUT2D eigenvalue weighted by molar-refractivity contribution is 5.86. The second kappa shape index (κ2) is 7.49. The third kappa shape index (κ3) is 3.45. The first-order valence-electron chi connectivity index (χ1n) is 9.56. The Morgan fingerprint density at radius 3 is 2.60 bits per heavy atom. The van der Waals surface area contributed by atoms with Gasteiger partial charge in [0.15, 0.2) is 17.6 Å². The molecule has 0 radical (unpaired) electrons. The molecule has 2 aromatic rings. The van der Waals surface area contributed by atoms with Crippen molar-refractivity contribution in [2.75, 3.05) is 6.61 Å². The quantitative estimate of drug-likeness (QED) is 0.403. The zero-order valence-electron chi connectivity index (χ0n) is 16.4. The smallest absolute Gasteiger partial charge is 0.336 e. The van der Waals surface area contributed by atoms with Gasteiger partial charge in [0.25, 0.3) is 0 Å². The molecule has 4 rings (SSSR count). The summed E-state index contributed by atoms with van der Waals surface area (Å²) in [5.41, 5.74) is -1.00. The van der Waals surface area contributed by atoms with Crippen molar-refractivity contribution in [3.8, 4) is 11.5 Å². The number of hydrogen-bond donors (Lipinski definition) is 5. The van der Waals surface area contributed by atoms with Crippen LogP contribution in [0.1, 0.15) is 19.4 Å². The van der Waals surface area contributed by atoms with Crippen molar-refractivity contribution in [3.05, 3.63) is 34.2 Å². The van der Waals surface area contributed by atoms with Crippen molar-refractivity contribution in [2.45, 2.75) is 62.7 Å². The number of phenolic OH excluding ortho intramolecular Hbond substituents is 1. The SMILES string of the molecule is CC1(C)Oc2c(cc3ccc(=O)oc3c2O)C[C@H]1O[C@@H]1O[C@H](CO)[C@@H](O)[C@H](O)[C@H]1O. The number of aliphatic hydroxyl groups is 4. The molecule has 1 saturated heterocycles. The number of phenols is 1. The maximum atomic E-state index is 11.5. The van der Waals surface area contributed by atoms with Gasteiger partial charge in [-0.25, -0.2) is 4.79 Å². The van der Waals surface area contributed by atoms with Crippen LogP contribution in [0.5, 0.6) is 11.5 Å². The van der Waals surface area contributed by atoms with E-state index in [0.29, 0.717) is 10.9 Å². The molecule has 164 valence electrons. The average Bonchev–Trinajstić information content (AvgIpc) is 2.70. The van der Waals surface area contributed by atoms with Crippen molar-refractivity contribution in [2.24, 2.45) is 0 Å². The zero-order chi connectivity index (χ0) is 21.8. The summed E-state index contributed by atoms with van der Waals surface area (Å²) in [5, 5.41) is 50.6. The maximum absolute atomic E-state index is 11.5. The maximum Gasteiger partial charge on any atom is 0.336 e. The highest BCUT2D eigenvalue weighted by Gasteiger charge is 2.48.